The average Bonchev–Trinajstić information content (AvgIpc) is 3.08. The van der Waals surface area contributed by atoms with Gasteiger partial charge < -0.3 is 10.1 Å². The summed E-state index contributed by atoms with van der Waals surface area (Å²) in [6.45, 7) is 9.59. The zero-order chi connectivity index (χ0) is 20.0. The van der Waals surface area contributed by atoms with Crippen molar-refractivity contribution in [2.45, 2.75) is 45.8 Å². The Morgan fingerprint density at radius 3 is 2.70 bits per heavy atom. The molecule has 0 fully saturated rings. The van der Waals surface area contributed by atoms with E-state index in [0.29, 0.717) is 11.1 Å². The van der Waals surface area contributed by atoms with Crippen LogP contribution in [0.3, 0.4) is 0 Å². The van der Waals surface area contributed by atoms with Crippen LogP contribution in [0.5, 0.6) is 0 Å². The normalized spacial score (nSPS) is 12.1. The third-order valence-electron chi connectivity index (χ3n) is 4.11. The highest BCUT2D eigenvalue weighted by Crippen LogP contribution is 2.21. The Labute approximate surface area is 163 Å². The number of thioether (sulfide) groups is 1. The lowest BCUT2D eigenvalue weighted by atomic mass is 10.1. The molecule has 0 saturated carbocycles. The van der Waals surface area contributed by atoms with Crippen LogP contribution in [0.1, 0.15) is 31.9 Å². The number of benzene rings is 1. The molecular formula is C18H25N5O3S. The van der Waals surface area contributed by atoms with Crippen molar-refractivity contribution in [1.82, 2.24) is 25.5 Å². The van der Waals surface area contributed by atoms with E-state index in [9.17, 15) is 9.59 Å². The maximum Gasteiger partial charge on any atom is 0.316 e. The Balaban J connectivity index is 1.89. The molecule has 2 aromatic rings. The fourth-order valence-electron chi connectivity index (χ4n) is 2.14. The Morgan fingerprint density at radius 1 is 1.26 bits per heavy atom. The van der Waals surface area contributed by atoms with Crippen molar-refractivity contribution in [1.29, 1.82) is 0 Å². The van der Waals surface area contributed by atoms with Gasteiger partial charge in [-0.2, -0.15) is 4.68 Å². The number of rotatable bonds is 8. The Bertz CT molecular complexity index is 806. The maximum atomic E-state index is 11.9. The van der Waals surface area contributed by atoms with E-state index < -0.39 is 5.97 Å². The third kappa shape index (κ3) is 6.06. The fraction of sp³-hybridized carbons (Fsp3) is 0.500. The molecule has 0 unspecified atom stereocenters. The highest BCUT2D eigenvalue weighted by molar-refractivity contribution is 7.99. The molecule has 0 radical (unpaired) electrons. The van der Waals surface area contributed by atoms with E-state index in [0.717, 1.165) is 28.6 Å². The summed E-state index contributed by atoms with van der Waals surface area (Å²) in [4.78, 5) is 23.7. The molecule has 0 aliphatic heterocycles. The smallest absolute Gasteiger partial charge is 0.316 e. The highest BCUT2D eigenvalue weighted by Gasteiger charge is 2.16. The maximum absolute atomic E-state index is 11.9. The molecule has 0 aliphatic rings. The SMILES string of the molecule is Cc1ccc(C)c(-n2nnnc2SCC(=O)OCC(=O)N[C@H](C)C(C)C)c1. The van der Waals surface area contributed by atoms with Gasteiger partial charge in [0.2, 0.25) is 5.16 Å². The van der Waals surface area contributed by atoms with Crippen LogP contribution in [-0.4, -0.2) is 50.5 Å². The summed E-state index contributed by atoms with van der Waals surface area (Å²) in [5, 5.41) is 14.9. The number of esters is 1. The number of nitrogens with zero attached hydrogens (tertiary/aromatic N) is 4. The molecule has 0 bridgehead atoms. The zero-order valence-electron chi connectivity index (χ0n) is 16.2. The molecule has 0 aliphatic carbocycles. The van der Waals surface area contributed by atoms with Gasteiger partial charge in [0.1, 0.15) is 0 Å². The molecule has 146 valence electrons. The summed E-state index contributed by atoms with van der Waals surface area (Å²) in [6.07, 6.45) is 0. The van der Waals surface area contributed by atoms with Crippen molar-refractivity contribution in [3.8, 4) is 5.69 Å². The second kappa shape index (κ2) is 9.50. The van der Waals surface area contributed by atoms with E-state index in [4.69, 9.17) is 4.74 Å². The molecule has 1 aromatic heterocycles. The lowest BCUT2D eigenvalue weighted by Crippen LogP contribution is -2.38. The van der Waals surface area contributed by atoms with Crippen molar-refractivity contribution in [3.05, 3.63) is 29.3 Å². The van der Waals surface area contributed by atoms with Crippen molar-refractivity contribution in [2.75, 3.05) is 12.4 Å². The molecular weight excluding hydrogens is 366 g/mol. The number of carbonyl (C=O) groups is 2. The Morgan fingerprint density at radius 2 is 2.00 bits per heavy atom. The van der Waals surface area contributed by atoms with Gasteiger partial charge >= 0.3 is 5.97 Å². The van der Waals surface area contributed by atoms with Gasteiger partial charge in [0.05, 0.1) is 11.4 Å². The van der Waals surface area contributed by atoms with Crippen molar-refractivity contribution < 1.29 is 14.3 Å². The first-order valence-electron chi connectivity index (χ1n) is 8.71. The lowest BCUT2D eigenvalue weighted by molar-refractivity contribution is -0.146. The van der Waals surface area contributed by atoms with E-state index in [-0.39, 0.29) is 24.3 Å². The number of nitrogens with one attached hydrogen (secondary N) is 1. The van der Waals surface area contributed by atoms with Crippen LogP contribution < -0.4 is 5.32 Å². The summed E-state index contributed by atoms with van der Waals surface area (Å²) in [5.74, 6) is -0.486. The number of tetrazole rings is 1. The standard InChI is InChI=1S/C18H25N5O3S/c1-11(2)14(5)19-16(24)9-26-17(25)10-27-18-20-21-22-23(18)15-8-12(3)6-7-13(15)4/h6-8,11,14H,9-10H2,1-5H3,(H,19,24)/t14-/m1/s1. The van der Waals surface area contributed by atoms with Gasteiger partial charge in [0, 0.05) is 6.04 Å². The van der Waals surface area contributed by atoms with Crippen LogP contribution in [0, 0.1) is 19.8 Å². The average molecular weight is 391 g/mol. The van der Waals surface area contributed by atoms with Gasteiger partial charge in [0.15, 0.2) is 6.61 Å². The van der Waals surface area contributed by atoms with Crippen molar-refractivity contribution in [3.63, 3.8) is 0 Å². The number of carbonyl (C=O) groups excluding carboxylic acids is 2. The number of ether oxygens (including phenoxy) is 1. The van der Waals surface area contributed by atoms with Gasteiger partial charge in [0.25, 0.3) is 5.91 Å². The summed E-state index contributed by atoms with van der Waals surface area (Å²) < 4.78 is 6.62. The number of hydrogen-bond donors (Lipinski definition) is 1. The Hall–Kier alpha value is -2.42. The second-order valence-electron chi connectivity index (χ2n) is 6.71. The molecule has 8 nitrogen and oxygen atoms in total. The molecule has 1 amide bonds. The van der Waals surface area contributed by atoms with Gasteiger partial charge in [-0.15, -0.1) is 5.10 Å². The zero-order valence-corrected chi connectivity index (χ0v) is 17.0. The number of aryl methyl sites for hydroxylation is 2. The number of amides is 1. The molecule has 0 saturated heterocycles. The molecule has 2 rings (SSSR count). The summed E-state index contributed by atoms with van der Waals surface area (Å²) in [7, 11) is 0. The first-order chi connectivity index (χ1) is 12.8. The summed E-state index contributed by atoms with van der Waals surface area (Å²) in [6, 6.07) is 6.01. The Kier molecular flexibility index (Phi) is 7.35. The van der Waals surface area contributed by atoms with Crippen LogP contribution in [0.4, 0.5) is 0 Å². The van der Waals surface area contributed by atoms with Crippen molar-refractivity contribution in [2.24, 2.45) is 5.92 Å². The topological polar surface area (TPSA) is 99.0 Å². The summed E-state index contributed by atoms with van der Waals surface area (Å²) >= 11 is 1.16. The molecule has 1 atom stereocenters. The molecule has 0 spiro atoms. The number of aromatic nitrogens is 4. The molecule has 1 N–H and O–H groups in total. The minimum absolute atomic E-state index is 0.0122. The largest absolute Gasteiger partial charge is 0.455 e. The predicted molar refractivity (Wildman–Crippen MR) is 103 cm³/mol. The molecule has 27 heavy (non-hydrogen) atoms. The van der Waals surface area contributed by atoms with Gasteiger partial charge in [-0.3, -0.25) is 9.59 Å². The van der Waals surface area contributed by atoms with E-state index in [1.165, 1.54) is 0 Å². The minimum atomic E-state index is -0.497. The van der Waals surface area contributed by atoms with Gasteiger partial charge in [-0.25, -0.2) is 0 Å². The highest BCUT2D eigenvalue weighted by atomic mass is 32.2. The second-order valence-corrected chi connectivity index (χ2v) is 7.66. The van der Waals surface area contributed by atoms with Crippen LogP contribution in [0.25, 0.3) is 5.69 Å². The first-order valence-corrected chi connectivity index (χ1v) is 9.70. The van der Waals surface area contributed by atoms with Crippen LogP contribution in [-0.2, 0) is 14.3 Å². The summed E-state index contributed by atoms with van der Waals surface area (Å²) in [5.41, 5.74) is 2.97. The third-order valence-corrected chi connectivity index (χ3v) is 5.00. The first kappa shape index (κ1) is 20.9. The molecule has 9 heteroatoms. The quantitative estimate of drug-likeness (QED) is 0.543. The van der Waals surface area contributed by atoms with E-state index >= 15 is 0 Å². The van der Waals surface area contributed by atoms with Gasteiger partial charge in [-0.1, -0.05) is 37.7 Å². The lowest BCUT2D eigenvalue weighted by Gasteiger charge is -2.17. The van der Waals surface area contributed by atoms with Crippen LogP contribution in [0.2, 0.25) is 0 Å². The van der Waals surface area contributed by atoms with E-state index in [2.05, 4.69) is 20.8 Å². The minimum Gasteiger partial charge on any atom is -0.455 e. The van der Waals surface area contributed by atoms with Crippen molar-refractivity contribution >= 4 is 23.6 Å². The van der Waals surface area contributed by atoms with Crippen LogP contribution >= 0.6 is 11.8 Å². The van der Waals surface area contributed by atoms with Gasteiger partial charge in [-0.05, 0) is 54.3 Å². The van der Waals surface area contributed by atoms with E-state index in [1.807, 2.05) is 52.8 Å². The monoisotopic (exact) mass is 391 g/mol. The van der Waals surface area contributed by atoms with E-state index in [1.54, 1.807) is 4.68 Å². The van der Waals surface area contributed by atoms with Crippen LogP contribution in [0.15, 0.2) is 23.4 Å². The molecule has 1 aromatic carbocycles. The predicted octanol–water partition coefficient (Wildman–Crippen LogP) is 2.08. The fourth-order valence-corrected chi connectivity index (χ4v) is 2.82. The molecule has 1 heterocycles. The number of hydrogen-bond acceptors (Lipinski definition) is 7.